The topological polar surface area (TPSA) is 23.8 Å². The van der Waals surface area contributed by atoms with E-state index < -0.39 is 0 Å². The molecule has 0 fully saturated rings. The molecule has 0 aliphatic rings. The summed E-state index contributed by atoms with van der Waals surface area (Å²) in [4.78, 5) is 0. The van der Waals surface area contributed by atoms with Crippen molar-refractivity contribution in [1.82, 2.24) is 0 Å². The third kappa shape index (κ3) is 2.60. The number of hydrogen-bond donors (Lipinski definition) is 0. The van der Waals surface area contributed by atoms with Crippen molar-refractivity contribution in [3.05, 3.63) is 59.7 Å². The van der Waals surface area contributed by atoms with Crippen LogP contribution in [0.1, 0.15) is 31.9 Å². The largest absolute Gasteiger partial charge is 0.192 e. The highest BCUT2D eigenvalue weighted by atomic mass is 14.2. The zero-order chi connectivity index (χ0) is 13.2. The molecule has 0 saturated heterocycles. The summed E-state index contributed by atoms with van der Waals surface area (Å²) in [7, 11) is 0. The van der Waals surface area contributed by atoms with Gasteiger partial charge in [0.25, 0.3) is 0 Å². The molecule has 2 aromatic carbocycles. The van der Waals surface area contributed by atoms with Crippen LogP contribution in [-0.4, -0.2) is 0 Å². The molecule has 0 unspecified atom stereocenters. The van der Waals surface area contributed by atoms with Crippen LogP contribution in [-0.2, 0) is 5.41 Å². The van der Waals surface area contributed by atoms with E-state index in [9.17, 15) is 0 Å². The van der Waals surface area contributed by atoms with Crippen LogP contribution in [0.4, 0.5) is 0 Å². The number of benzene rings is 2. The van der Waals surface area contributed by atoms with Crippen LogP contribution in [0.3, 0.4) is 0 Å². The Labute approximate surface area is 109 Å². The van der Waals surface area contributed by atoms with Crippen LogP contribution >= 0.6 is 0 Å². The van der Waals surface area contributed by atoms with Crippen molar-refractivity contribution < 1.29 is 0 Å². The zero-order valence-corrected chi connectivity index (χ0v) is 11.1. The van der Waals surface area contributed by atoms with Crippen molar-refractivity contribution in [3.63, 3.8) is 0 Å². The summed E-state index contributed by atoms with van der Waals surface area (Å²) >= 11 is 0. The van der Waals surface area contributed by atoms with Crippen LogP contribution in [0, 0.1) is 11.3 Å². The molecule has 0 atom stereocenters. The number of hydrogen-bond acceptors (Lipinski definition) is 1. The number of rotatable bonds is 1. The highest BCUT2D eigenvalue weighted by Crippen LogP contribution is 2.26. The molecule has 0 amide bonds. The second-order valence-corrected chi connectivity index (χ2v) is 5.52. The minimum absolute atomic E-state index is 0.174. The number of nitrogens with zero attached hydrogens (tertiary/aromatic N) is 1. The molecule has 0 aliphatic carbocycles. The standard InChI is InChI=1S/C17H17N/c1-17(2,3)16-9-7-14(8-10-16)15-6-4-5-13(11-15)12-18/h4-11H,1-3H3. The average molecular weight is 235 g/mol. The van der Waals surface area contributed by atoms with Gasteiger partial charge in [-0.05, 0) is 34.2 Å². The molecule has 1 heteroatoms. The lowest BCUT2D eigenvalue weighted by molar-refractivity contribution is 0.590. The first-order valence-electron chi connectivity index (χ1n) is 6.12. The second-order valence-electron chi connectivity index (χ2n) is 5.52. The van der Waals surface area contributed by atoms with Gasteiger partial charge in [-0.15, -0.1) is 0 Å². The fourth-order valence-electron chi connectivity index (χ4n) is 1.93. The molecule has 90 valence electrons. The van der Waals surface area contributed by atoms with E-state index >= 15 is 0 Å². The van der Waals surface area contributed by atoms with E-state index in [0.29, 0.717) is 5.56 Å². The molecule has 2 aromatic rings. The second kappa shape index (κ2) is 4.66. The zero-order valence-electron chi connectivity index (χ0n) is 11.1. The minimum atomic E-state index is 0.174. The van der Waals surface area contributed by atoms with E-state index in [1.165, 1.54) is 5.56 Å². The molecule has 18 heavy (non-hydrogen) atoms. The van der Waals surface area contributed by atoms with Gasteiger partial charge in [-0.1, -0.05) is 57.2 Å². The molecule has 1 nitrogen and oxygen atoms in total. The van der Waals surface area contributed by atoms with Crippen molar-refractivity contribution >= 4 is 0 Å². The Morgan fingerprint density at radius 2 is 1.56 bits per heavy atom. The summed E-state index contributed by atoms with van der Waals surface area (Å²) < 4.78 is 0. The van der Waals surface area contributed by atoms with Crippen LogP contribution < -0.4 is 0 Å². The molecule has 0 bridgehead atoms. The summed E-state index contributed by atoms with van der Waals surface area (Å²) in [6.45, 7) is 6.62. The van der Waals surface area contributed by atoms with Gasteiger partial charge in [0.05, 0.1) is 11.6 Å². The van der Waals surface area contributed by atoms with Gasteiger partial charge in [0.15, 0.2) is 0 Å². The Bertz CT molecular complexity index is 580. The fourth-order valence-corrected chi connectivity index (χ4v) is 1.93. The van der Waals surface area contributed by atoms with Gasteiger partial charge in [0.2, 0.25) is 0 Å². The van der Waals surface area contributed by atoms with Gasteiger partial charge < -0.3 is 0 Å². The highest BCUT2D eigenvalue weighted by Gasteiger charge is 2.12. The first kappa shape index (κ1) is 12.4. The maximum absolute atomic E-state index is 8.91. The van der Waals surface area contributed by atoms with Gasteiger partial charge in [-0.3, -0.25) is 0 Å². The van der Waals surface area contributed by atoms with Crippen LogP contribution in [0.5, 0.6) is 0 Å². The normalized spacial score (nSPS) is 11.0. The smallest absolute Gasteiger partial charge is 0.0991 e. The molecule has 2 rings (SSSR count). The lowest BCUT2D eigenvalue weighted by Gasteiger charge is -2.19. The van der Waals surface area contributed by atoms with Crippen molar-refractivity contribution in [2.24, 2.45) is 0 Å². The molecule has 0 heterocycles. The lowest BCUT2D eigenvalue weighted by Crippen LogP contribution is -2.10. The summed E-state index contributed by atoms with van der Waals surface area (Å²) in [5.41, 5.74) is 4.44. The Kier molecular flexibility index (Phi) is 3.21. The summed E-state index contributed by atoms with van der Waals surface area (Å²) in [5.74, 6) is 0. The third-order valence-electron chi connectivity index (χ3n) is 3.08. The first-order chi connectivity index (χ1) is 8.50. The molecule has 0 saturated carbocycles. The molecule has 0 aliphatic heterocycles. The van der Waals surface area contributed by atoms with Crippen molar-refractivity contribution in [2.45, 2.75) is 26.2 Å². The minimum Gasteiger partial charge on any atom is -0.192 e. The number of nitriles is 1. The Hall–Kier alpha value is -2.07. The molecule has 0 radical (unpaired) electrons. The summed E-state index contributed by atoms with van der Waals surface area (Å²) in [6.07, 6.45) is 0. The van der Waals surface area contributed by atoms with Crippen molar-refractivity contribution in [1.29, 1.82) is 5.26 Å². The van der Waals surface area contributed by atoms with Gasteiger partial charge in [0, 0.05) is 0 Å². The molecular weight excluding hydrogens is 218 g/mol. The Morgan fingerprint density at radius 1 is 0.889 bits per heavy atom. The highest BCUT2D eigenvalue weighted by molar-refractivity contribution is 5.65. The fraction of sp³-hybridized carbons (Fsp3) is 0.235. The first-order valence-corrected chi connectivity index (χ1v) is 6.12. The molecule has 0 spiro atoms. The third-order valence-corrected chi connectivity index (χ3v) is 3.08. The van der Waals surface area contributed by atoms with E-state index in [0.717, 1.165) is 11.1 Å². The Balaban J connectivity index is 2.38. The molecular formula is C17H17N. The van der Waals surface area contributed by atoms with Crippen molar-refractivity contribution in [3.8, 4) is 17.2 Å². The van der Waals surface area contributed by atoms with Crippen LogP contribution in [0.25, 0.3) is 11.1 Å². The average Bonchev–Trinajstić information content (AvgIpc) is 2.38. The predicted octanol–water partition coefficient (Wildman–Crippen LogP) is 4.52. The van der Waals surface area contributed by atoms with E-state index in [1.54, 1.807) is 0 Å². The van der Waals surface area contributed by atoms with Gasteiger partial charge in [-0.2, -0.15) is 5.26 Å². The van der Waals surface area contributed by atoms with Gasteiger partial charge in [0.1, 0.15) is 0 Å². The monoisotopic (exact) mass is 235 g/mol. The van der Waals surface area contributed by atoms with Crippen LogP contribution in [0.15, 0.2) is 48.5 Å². The van der Waals surface area contributed by atoms with E-state index in [1.807, 2.05) is 24.3 Å². The predicted molar refractivity (Wildman–Crippen MR) is 75.3 cm³/mol. The van der Waals surface area contributed by atoms with Gasteiger partial charge >= 0.3 is 0 Å². The quantitative estimate of drug-likeness (QED) is 0.712. The SMILES string of the molecule is CC(C)(C)c1ccc(-c2cccc(C#N)c2)cc1. The molecule has 0 N–H and O–H groups in total. The van der Waals surface area contributed by atoms with E-state index in [-0.39, 0.29) is 5.41 Å². The van der Waals surface area contributed by atoms with Crippen LogP contribution in [0.2, 0.25) is 0 Å². The van der Waals surface area contributed by atoms with Crippen molar-refractivity contribution in [2.75, 3.05) is 0 Å². The van der Waals surface area contributed by atoms with E-state index in [2.05, 4.69) is 51.1 Å². The summed E-state index contributed by atoms with van der Waals surface area (Å²) in [5, 5.41) is 8.91. The van der Waals surface area contributed by atoms with E-state index in [4.69, 9.17) is 5.26 Å². The maximum Gasteiger partial charge on any atom is 0.0991 e. The van der Waals surface area contributed by atoms with Gasteiger partial charge in [-0.25, -0.2) is 0 Å². The lowest BCUT2D eigenvalue weighted by atomic mass is 9.86. The maximum atomic E-state index is 8.91. The summed E-state index contributed by atoms with van der Waals surface area (Å²) in [6, 6.07) is 18.4. The molecule has 0 aromatic heterocycles. The Morgan fingerprint density at radius 3 is 2.11 bits per heavy atom.